The number of hydrogen-bond acceptors (Lipinski definition) is 5. The molecule has 2 N–H and O–H groups in total. The predicted molar refractivity (Wildman–Crippen MR) is 92.6 cm³/mol. The fourth-order valence-electron chi connectivity index (χ4n) is 2.02. The average Bonchev–Trinajstić information content (AvgIpc) is 2.60. The second kappa shape index (κ2) is 8.43. The largest absolute Gasteiger partial charge is 0.452 e. The summed E-state index contributed by atoms with van der Waals surface area (Å²) in [5.74, 6) is -1.89. The van der Waals surface area contributed by atoms with Crippen LogP contribution in [0.1, 0.15) is 17.3 Å². The van der Waals surface area contributed by atoms with Crippen LogP contribution in [0.5, 0.6) is 0 Å². The van der Waals surface area contributed by atoms with Crippen LogP contribution in [-0.2, 0) is 19.6 Å². The van der Waals surface area contributed by atoms with Crippen LogP contribution in [-0.4, -0.2) is 33.4 Å². The lowest BCUT2D eigenvalue weighted by atomic mass is 10.2. The number of nitrogens with one attached hydrogen (secondary N) is 2. The monoisotopic (exact) mass is 380 g/mol. The Morgan fingerprint density at radius 2 is 1.73 bits per heavy atom. The van der Waals surface area contributed by atoms with Crippen LogP contribution < -0.4 is 10.0 Å². The number of anilines is 1. The first-order chi connectivity index (χ1) is 12.3. The molecule has 138 valence electrons. The maximum Gasteiger partial charge on any atom is 0.340 e. The first-order valence-corrected chi connectivity index (χ1v) is 9.13. The second-order valence-corrected chi connectivity index (χ2v) is 6.82. The van der Waals surface area contributed by atoms with Crippen molar-refractivity contribution in [3.8, 4) is 0 Å². The van der Waals surface area contributed by atoms with Gasteiger partial charge in [-0.3, -0.25) is 9.52 Å². The summed E-state index contributed by atoms with van der Waals surface area (Å²) in [6, 6.07) is 10.0. The van der Waals surface area contributed by atoms with Gasteiger partial charge in [-0.2, -0.15) is 0 Å². The average molecular weight is 380 g/mol. The summed E-state index contributed by atoms with van der Waals surface area (Å²) in [4.78, 5) is 23.4. The van der Waals surface area contributed by atoms with Gasteiger partial charge in [0, 0.05) is 6.54 Å². The van der Waals surface area contributed by atoms with E-state index in [0.717, 1.165) is 24.3 Å². The fraction of sp³-hybridized carbons (Fsp3) is 0.176. The van der Waals surface area contributed by atoms with Gasteiger partial charge in [-0.05, 0) is 43.3 Å². The van der Waals surface area contributed by atoms with Crippen molar-refractivity contribution in [2.24, 2.45) is 0 Å². The van der Waals surface area contributed by atoms with Crippen LogP contribution in [0.15, 0.2) is 53.4 Å². The first kappa shape index (κ1) is 19.4. The quantitative estimate of drug-likeness (QED) is 0.715. The van der Waals surface area contributed by atoms with Gasteiger partial charge in [0.15, 0.2) is 6.61 Å². The third-order valence-corrected chi connectivity index (χ3v) is 4.60. The van der Waals surface area contributed by atoms with Crippen LogP contribution in [0.4, 0.5) is 10.1 Å². The molecule has 2 rings (SSSR count). The van der Waals surface area contributed by atoms with Gasteiger partial charge in [0.1, 0.15) is 5.82 Å². The first-order valence-electron chi connectivity index (χ1n) is 7.64. The minimum absolute atomic E-state index is 0.0160. The Bertz CT molecular complexity index is 898. The molecule has 0 aliphatic carbocycles. The Kier molecular flexibility index (Phi) is 6.29. The van der Waals surface area contributed by atoms with E-state index in [4.69, 9.17) is 4.74 Å². The summed E-state index contributed by atoms with van der Waals surface area (Å²) in [6.45, 7) is 1.63. The minimum Gasteiger partial charge on any atom is -0.452 e. The zero-order valence-corrected chi connectivity index (χ0v) is 14.7. The van der Waals surface area contributed by atoms with E-state index in [-0.39, 0.29) is 16.1 Å². The van der Waals surface area contributed by atoms with Gasteiger partial charge in [-0.25, -0.2) is 17.6 Å². The Balaban J connectivity index is 2.19. The molecular formula is C17H17FN2O5S. The van der Waals surface area contributed by atoms with E-state index in [0.29, 0.717) is 6.54 Å². The van der Waals surface area contributed by atoms with Crippen molar-refractivity contribution in [2.45, 2.75) is 11.8 Å². The van der Waals surface area contributed by atoms with E-state index in [1.54, 1.807) is 6.92 Å². The Morgan fingerprint density at radius 3 is 2.38 bits per heavy atom. The number of esters is 1. The molecule has 7 nitrogen and oxygen atoms in total. The summed E-state index contributed by atoms with van der Waals surface area (Å²) < 4.78 is 44.9. The number of ether oxygens (including phenoxy) is 1. The summed E-state index contributed by atoms with van der Waals surface area (Å²) in [6.07, 6.45) is 0. The smallest absolute Gasteiger partial charge is 0.340 e. The molecule has 2 aromatic carbocycles. The number of benzene rings is 2. The molecule has 0 heterocycles. The van der Waals surface area contributed by atoms with Crippen molar-refractivity contribution in [2.75, 3.05) is 17.9 Å². The summed E-state index contributed by atoms with van der Waals surface area (Å²) in [7, 11) is -4.03. The molecule has 2 aromatic rings. The highest BCUT2D eigenvalue weighted by atomic mass is 32.2. The molecule has 0 aliphatic heterocycles. The molecular weight excluding hydrogens is 363 g/mol. The molecule has 0 radical (unpaired) electrons. The van der Waals surface area contributed by atoms with Crippen LogP contribution in [0.2, 0.25) is 0 Å². The van der Waals surface area contributed by atoms with Crippen molar-refractivity contribution >= 4 is 27.6 Å². The molecule has 0 spiro atoms. The summed E-state index contributed by atoms with van der Waals surface area (Å²) >= 11 is 0. The van der Waals surface area contributed by atoms with E-state index in [9.17, 15) is 22.4 Å². The van der Waals surface area contributed by atoms with Crippen LogP contribution in [0, 0.1) is 5.82 Å². The number of rotatable bonds is 7. The second-order valence-electron chi connectivity index (χ2n) is 5.13. The minimum atomic E-state index is -4.03. The third kappa shape index (κ3) is 5.03. The number of likely N-dealkylation sites (N-methyl/N-ethyl adjacent to an activating group) is 1. The van der Waals surface area contributed by atoms with Crippen molar-refractivity contribution in [3.05, 3.63) is 59.9 Å². The SMILES string of the molecule is CCNC(=O)COC(=O)c1ccccc1NS(=O)(=O)c1ccc(F)cc1. The molecule has 0 unspecified atom stereocenters. The number of amides is 1. The Morgan fingerprint density at radius 1 is 1.08 bits per heavy atom. The third-order valence-electron chi connectivity index (χ3n) is 3.22. The molecule has 26 heavy (non-hydrogen) atoms. The Labute approximate surface area is 150 Å². The number of carbonyl (C=O) groups is 2. The van der Waals surface area contributed by atoms with Gasteiger partial charge in [-0.1, -0.05) is 12.1 Å². The van der Waals surface area contributed by atoms with Crippen molar-refractivity contribution in [1.82, 2.24) is 5.32 Å². The van der Waals surface area contributed by atoms with Gasteiger partial charge in [0.2, 0.25) is 0 Å². The van der Waals surface area contributed by atoms with Gasteiger partial charge in [0.25, 0.3) is 15.9 Å². The molecule has 0 aromatic heterocycles. The molecule has 0 saturated heterocycles. The topological polar surface area (TPSA) is 102 Å². The van der Waals surface area contributed by atoms with Crippen molar-refractivity contribution in [3.63, 3.8) is 0 Å². The van der Waals surface area contributed by atoms with Crippen molar-refractivity contribution in [1.29, 1.82) is 0 Å². The normalized spacial score (nSPS) is 10.8. The molecule has 1 amide bonds. The standard InChI is InChI=1S/C17H17FN2O5S/c1-2-19-16(21)11-25-17(22)14-5-3-4-6-15(14)20-26(23,24)13-9-7-12(18)8-10-13/h3-10,20H,2,11H2,1H3,(H,19,21). The molecule has 0 fully saturated rings. The highest BCUT2D eigenvalue weighted by Gasteiger charge is 2.20. The summed E-state index contributed by atoms with van der Waals surface area (Å²) in [5, 5.41) is 2.47. The van der Waals surface area contributed by atoms with Crippen LogP contribution in [0.3, 0.4) is 0 Å². The van der Waals surface area contributed by atoms with E-state index < -0.39 is 34.3 Å². The number of hydrogen-bond donors (Lipinski definition) is 2. The molecule has 0 aliphatic rings. The number of carbonyl (C=O) groups excluding carboxylic acids is 2. The van der Waals surface area contributed by atoms with E-state index in [1.165, 1.54) is 24.3 Å². The number of para-hydroxylation sites is 1. The van der Waals surface area contributed by atoms with E-state index in [1.807, 2.05) is 0 Å². The molecule has 0 atom stereocenters. The van der Waals surface area contributed by atoms with Crippen molar-refractivity contribution < 1.29 is 27.1 Å². The highest BCUT2D eigenvalue weighted by molar-refractivity contribution is 7.92. The van der Waals surface area contributed by atoms with Gasteiger partial charge in [-0.15, -0.1) is 0 Å². The lowest BCUT2D eigenvalue weighted by molar-refractivity contribution is -0.124. The predicted octanol–water partition coefficient (Wildman–Crippen LogP) is 1.92. The van der Waals surface area contributed by atoms with E-state index >= 15 is 0 Å². The maximum atomic E-state index is 13.0. The number of sulfonamides is 1. The maximum absolute atomic E-state index is 13.0. The molecule has 9 heteroatoms. The van der Waals surface area contributed by atoms with Crippen LogP contribution in [0.25, 0.3) is 0 Å². The lowest BCUT2D eigenvalue weighted by Crippen LogP contribution is -2.28. The molecule has 0 bridgehead atoms. The summed E-state index contributed by atoms with van der Waals surface area (Å²) in [5.41, 5.74) is -0.0693. The van der Waals surface area contributed by atoms with Crippen LogP contribution >= 0.6 is 0 Å². The molecule has 0 saturated carbocycles. The van der Waals surface area contributed by atoms with Gasteiger partial charge >= 0.3 is 5.97 Å². The zero-order chi connectivity index (χ0) is 19.2. The van der Waals surface area contributed by atoms with Gasteiger partial charge < -0.3 is 10.1 Å². The van der Waals surface area contributed by atoms with Gasteiger partial charge in [0.05, 0.1) is 16.1 Å². The van der Waals surface area contributed by atoms with E-state index in [2.05, 4.69) is 10.0 Å². The Hall–Kier alpha value is -2.94. The number of halogens is 1. The highest BCUT2D eigenvalue weighted by Crippen LogP contribution is 2.21. The zero-order valence-electron chi connectivity index (χ0n) is 13.9. The lowest BCUT2D eigenvalue weighted by Gasteiger charge is -2.12. The fourth-order valence-corrected chi connectivity index (χ4v) is 3.10.